The molecule has 0 unspecified atom stereocenters. The molecule has 0 amide bonds. The van der Waals surface area contributed by atoms with Crippen LogP contribution in [-0.2, 0) is 33.6 Å². The van der Waals surface area contributed by atoms with Crippen molar-refractivity contribution in [1.82, 2.24) is 0 Å². The number of halogens is 1. The van der Waals surface area contributed by atoms with E-state index in [2.05, 4.69) is 93.2 Å². The summed E-state index contributed by atoms with van der Waals surface area (Å²) in [5.41, 5.74) is 3.17. The van der Waals surface area contributed by atoms with Crippen LogP contribution in [0.4, 0.5) is 0 Å². The van der Waals surface area contributed by atoms with Crippen LogP contribution in [-0.4, -0.2) is 28.0 Å². The van der Waals surface area contributed by atoms with Crippen molar-refractivity contribution in [2.75, 3.05) is 13.7 Å². The summed E-state index contributed by atoms with van der Waals surface area (Å²) in [6.45, 7) is 16.7. The van der Waals surface area contributed by atoms with Crippen LogP contribution in [0, 0.1) is 9.49 Å². The van der Waals surface area contributed by atoms with Crippen molar-refractivity contribution in [2.24, 2.45) is 5.92 Å². The Morgan fingerprint density at radius 2 is 1.72 bits per heavy atom. The zero-order valence-corrected chi connectivity index (χ0v) is 26.1. The molecule has 0 aromatic heterocycles. The fourth-order valence-electron chi connectivity index (χ4n) is 3.33. The third-order valence-corrected chi connectivity index (χ3v) is 11.7. The zero-order valence-electron chi connectivity index (χ0n) is 22.9. The highest BCUT2D eigenvalue weighted by molar-refractivity contribution is 14.1. The van der Waals surface area contributed by atoms with E-state index in [1.54, 1.807) is 6.08 Å². The average Bonchev–Trinajstić information content (AvgIpc) is 2.80. The van der Waals surface area contributed by atoms with E-state index in [0.29, 0.717) is 19.1 Å². The maximum atomic E-state index is 11.5. The highest BCUT2D eigenvalue weighted by Gasteiger charge is 2.37. The summed E-state index contributed by atoms with van der Waals surface area (Å²) in [6, 6.07) is 12.3. The third kappa shape index (κ3) is 8.92. The van der Waals surface area contributed by atoms with E-state index < -0.39 is 14.3 Å². The molecule has 0 atom stereocenters. The minimum Gasteiger partial charge on any atom is -0.488 e. The van der Waals surface area contributed by atoms with E-state index in [1.807, 2.05) is 18.2 Å². The standard InChI is InChI=1S/C29H41IO5Si/c1-21(2)17-23-18-25(30)28(33-16-12-15-26(31)32-6)24(20-35-36(7,8)29(3,4)5)27(23)34-19-22-13-10-9-11-14-22/h9-15,18,21H,16-17,19-20H2,1-8H3/b15-12+. The van der Waals surface area contributed by atoms with Gasteiger partial charge in [-0.05, 0) is 76.3 Å². The predicted octanol–water partition coefficient (Wildman–Crippen LogP) is 7.70. The van der Waals surface area contributed by atoms with E-state index in [9.17, 15) is 4.79 Å². The molecule has 2 aromatic carbocycles. The Bertz CT molecular complexity index is 1030. The Morgan fingerprint density at radius 3 is 2.31 bits per heavy atom. The van der Waals surface area contributed by atoms with Gasteiger partial charge in [0, 0.05) is 6.08 Å². The summed E-state index contributed by atoms with van der Waals surface area (Å²) in [6.07, 6.45) is 3.92. The molecule has 36 heavy (non-hydrogen) atoms. The first kappa shape index (κ1) is 30.4. The Hall–Kier alpha value is -1.84. The largest absolute Gasteiger partial charge is 0.488 e. The molecule has 2 rings (SSSR count). The van der Waals surface area contributed by atoms with Crippen LogP contribution in [0.15, 0.2) is 48.6 Å². The first-order valence-corrected chi connectivity index (χ1v) is 16.4. The Labute approximate surface area is 231 Å². The van der Waals surface area contributed by atoms with Gasteiger partial charge in [0.15, 0.2) is 8.32 Å². The van der Waals surface area contributed by atoms with Crippen molar-refractivity contribution in [3.63, 3.8) is 0 Å². The molecule has 2 aromatic rings. The van der Waals surface area contributed by atoms with Crippen molar-refractivity contribution in [3.8, 4) is 11.5 Å². The lowest BCUT2D eigenvalue weighted by Crippen LogP contribution is -2.40. The molecule has 198 valence electrons. The lowest BCUT2D eigenvalue weighted by molar-refractivity contribution is -0.134. The lowest BCUT2D eigenvalue weighted by Gasteiger charge is -2.36. The molecule has 7 heteroatoms. The van der Waals surface area contributed by atoms with Gasteiger partial charge in [-0.1, -0.05) is 65.0 Å². The number of carbonyl (C=O) groups excluding carboxylic acids is 1. The number of ether oxygens (including phenoxy) is 3. The van der Waals surface area contributed by atoms with E-state index >= 15 is 0 Å². The van der Waals surface area contributed by atoms with Crippen molar-refractivity contribution in [3.05, 3.63) is 68.8 Å². The quantitative estimate of drug-likeness (QED) is 0.105. The van der Waals surface area contributed by atoms with Crippen molar-refractivity contribution >= 4 is 36.9 Å². The maximum Gasteiger partial charge on any atom is 0.330 e. The number of benzene rings is 2. The molecule has 0 saturated heterocycles. The second kappa shape index (κ2) is 13.6. The molecule has 0 saturated carbocycles. The predicted molar refractivity (Wildman–Crippen MR) is 157 cm³/mol. The van der Waals surface area contributed by atoms with Crippen LogP contribution in [0.1, 0.15) is 51.3 Å². The molecule has 0 heterocycles. The molecule has 0 fully saturated rings. The Morgan fingerprint density at radius 1 is 1.06 bits per heavy atom. The van der Waals surface area contributed by atoms with Crippen LogP contribution in [0.25, 0.3) is 0 Å². The topological polar surface area (TPSA) is 54.0 Å². The van der Waals surface area contributed by atoms with Crippen molar-refractivity contribution < 1.29 is 23.4 Å². The summed E-state index contributed by atoms with van der Waals surface area (Å²) < 4.78 is 25.1. The van der Waals surface area contributed by atoms with E-state index in [0.717, 1.165) is 38.2 Å². The van der Waals surface area contributed by atoms with Gasteiger partial charge >= 0.3 is 5.97 Å². The number of esters is 1. The zero-order chi connectivity index (χ0) is 26.9. The number of hydrogen-bond donors (Lipinski definition) is 0. The van der Waals surface area contributed by atoms with Gasteiger partial charge in [-0.2, -0.15) is 0 Å². The number of hydrogen-bond acceptors (Lipinski definition) is 5. The Kier molecular flexibility index (Phi) is 11.5. The minimum absolute atomic E-state index is 0.0744. The summed E-state index contributed by atoms with van der Waals surface area (Å²) >= 11 is 2.32. The Balaban J connectivity index is 2.52. The molecule has 0 aliphatic heterocycles. The van der Waals surface area contributed by atoms with Crippen LogP contribution < -0.4 is 9.47 Å². The van der Waals surface area contributed by atoms with E-state index in [4.69, 9.17) is 13.9 Å². The first-order valence-electron chi connectivity index (χ1n) is 12.4. The second-order valence-electron chi connectivity index (χ2n) is 10.8. The van der Waals surface area contributed by atoms with Crippen LogP contribution in [0.3, 0.4) is 0 Å². The molecule has 0 aliphatic carbocycles. The van der Waals surface area contributed by atoms with Crippen LogP contribution >= 0.6 is 22.6 Å². The molecular weight excluding hydrogens is 583 g/mol. The van der Waals surface area contributed by atoms with Gasteiger partial charge in [-0.3, -0.25) is 0 Å². The minimum atomic E-state index is -2.03. The van der Waals surface area contributed by atoms with Crippen molar-refractivity contribution in [2.45, 2.75) is 72.4 Å². The highest BCUT2D eigenvalue weighted by Crippen LogP contribution is 2.42. The monoisotopic (exact) mass is 624 g/mol. The molecular formula is C29H41IO5Si. The number of methoxy groups -OCH3 is 1. The molecule has 0 N–H and O–H groups in total. The average molecular weight is 625 g/mol. The third-order valence-electron chi connectivity index (χ3n) is 6.37. The summed E-state index contributed by atoms with van der Waals surface area (Å²) in [5, 5.41) is 0.0744. The second-order valence-corrected chi connectivity index (χ2v) is 16.8. The maximum absolute atomic E-state index is 11.5. The van der Waals surface area contributed by atoms with E-state index in [-0.39, 0.29) is 11.6 Å². The molecule has 5 nitrogen and oxygen atoms in total. The smallest absolute Gasteiger partial charge is 0.330 e. The van der Waals surface area contributed by atoms with Crippen LogP contribution in [0.5, 0.6) is 11.5 Å². The lowest BCUT2D eigenvalue weighted by atomic mass is 9.99. The fraction of sp³-hybridized carbons (Fsp3) is 0.483. The molecule has 0 bridgehead atoms. The van der Waals surface area contributed by atoms with Crippen molar-refractivity contribution in [1.29, 1.82) is 0 Å². The highest BCUT2D eigenvalue weighted by atomic mass is 127. The first-order chi connectivity index (χ1) is 16.9. The summed E-state index contributed by atoms with van der Waals surface area (Å²) in [7, 11) is -0.676. The fourth-order valence-corrected chi connectivity index (χ4v) is 5.12. The van der Waals surface area contributed by atoms with Gasteiger partial charge in [0.1, 0.15) is 24.7 Å². The normalized spacial score (nSPS) is 12.3. The van der Waals surface area contributed by atoms with E-state index in [1.165, 1.54) is 13.2 Å². The van der Waals surface area contributed by atoms with Gasteiger partial charge in [0.05, 0.1) is 22.9 Å². The number of carbonyl (C=O) groups is 1. The molecule has 0 spiro atoms. The van der Waals surface area contributed by atoms with Gasteiger partial charge in [0.2, 0.25) is 0 Å². The molecule has 0 radical (unpaired) electrons. The SMILES string of the molecule is COC(=O)/C=C/COc1c(I)cc(CC(C)C)c(OCc2ccccc2)c1CO[Si](C)(C)C(C)(C)C. The summed E-state index contributed by atoms with van der Waals surface area (Å²) in [5.74, 6) is 1.62. The summed E-state index contributed by atoms with van der Waals surface area (Å²) in [4.78, 5) is 11.5. The van der Waals surface area contributed by atoms with Gasteiger partial charge in [-0.15, -0.1) is 0 Å². The van der Waals surface area contributed by atoms with Gasteiger partial charge in [-0.25, -0.2) is 4.79 Å². The van der Waals surface area contributed by atoms with Crippen LogP contribution in [0.2, 0.25) is 18.1 Å². The van der Waals surface area contributed by atoms with Gasteiger partial charge in [0.25, 0.3) is 0 Å². The molecule has 0 aliphatic rings. The van der Waals surface area contributed by atoms with Gasteiger partial charge < -0.3 is 18.6 Å². The number of rotatable bonds is 12.